The van der Waals surface area contributed by atoms with Crippen molar-refractivity contribution in [2.75, 3.05) is 6.54 Å². The van der Waals surface area contributed by atoms with E-state index in [4.69, 9.17) is 4.42 Å². The summed E-state index contributed by atoms with van der Waals surface area (Å²) in [6, 6.07) is 3.75. The van der Waals surface area contributed by atoms with Gasteiger partial charge in [0, 0.05) is 12.1 Å². The van der Waals surface area contributed by atoms with E-state index >= 15 is 0 Å². The largest absolute Gasteiger partial charge is 0.463 e. The smallest absolute Gasteiger partial charge is 0.120 e. The number of furan rings is 1. The summed E-state index contributed by atoms with van der Waals surface area (Å²) in [6.07, 6.45) is 9.61. The summed E-state index contributed by atoms with van der Waals surface area (Å²) in [4.78, 5) is 2.61. The van der Waals surface area contributed by atoms with Crippen LogP contribution in [-0.2, 0) is 13.1 Å². The van der Waals surface area contributed by atoms with E-state index in [0.717, 1.165) is 43.2 Å². The normalized spacial score (nSPS) is 20.3. The zero-order valence-electron chi connectivity index (χ0n) is 13.7. The van der Waals surface area contributed by atoms with Crippen molar-refractivity contribution in [2.24, 2.45) is 0 Å². The number of aryl methyl sites for hydroxylation is 1. The van der Waals surface area contributed by atoms with Gasteiger partial charge in [-0.15, -0.1) is 0 Å². The topological polar surface area (TPSA) is 28.4 Å². The monoisotopic (exact) mass is 290 g/mol. The Kier molecular flexibility index (Phi) is 5.02. The minimum absolute atomic E-state index is 0.743. The van der Waals surface area contributed by atoms with E-state index in [9.17, 15) is 0 Å². The molecule has 3 nitrogen and oxygen atoms in total. The first-order valence-corrected chi connectivity index (χ1v) is 8.82. The standard InChI is InChI=1S/C18H30N2O/c1-3-20(16-7-5-4-6-8-16)13-17-11-14(2)18(21-17)12-19-15-9-10-15/h11,15-16,19H,3-10,12-13H2,1-2H3. The minimum atomic E-state index is 0.743. The molecule has 2 aliphatic rings. The molecule has 3 rings (SSSR count). The highest BCUT2D eigenvalue weighted by atomic mass is 16.3. The van der Waals surface area contributed by atoms with Crippen molar-refractivity contribution in [1.29, 1.82) is 0 Å². The molecule has 21 heavy (non-hydrogen) atoms. The van der Waals surface area contributed by atoms with Gasteiger partial charge >= 0.3 is 0 Å². The summed E-state index contributed by atoms with van der Waals surface area (Å²) >= 11 is 0. The van der Waals surface area contributed by atoms with Gasteiger partial charge in [-0.3, -0.25) is 4.90 Å². The Labute approximate surface area is 129 Å². The third-order valence-corrected chi connectivity index (χ3v) is 5.06. The predicted molar refractivity (Wildman–Crippen MR) is 86.3 cm³/mol. The molecule has 0 atom stereocenters. The van der Waals surface area contributed by atoms with Crippen LogP contribution in [-0.4, -0.2) is 23.5 Å². The maximum Gasteiger partial charge on any atom is 0.120 e. The molecular weight excluding hydrogens is 260 g/mol. The second-order valence-corrected chi connectivity index (χ2v) is 6.83. The van der Waals surface area contributed by atoms with Crippen molar-refractivity contribution in [2.45, 2.75) is 84.0 Å². The van der Waals surface area contributed by atoms with Crippen molar-refractivity contribution in [3.05, 3.63) is 23.2 Å². The van der Waals surface area contributed by atoms with Crippen LogP contribution in [0, 0.1) is 6.92 Å². The highest BCUT2D eigenvalue weighted by Crippen LogP contribution is 2.25. The van der Waals surface area contributed by atoms with Crippen molar-refractivity contribution in [3.63, 3.8) is 0 Å². The van der Waals surface area contributed by atoms with Crippen molar-refractivity contribution < 1.29 is 4.42 Å². The quantitative estimate of drug-likeness (QED) is 0.823. The number of rotatable bonds is 7. The molecule has 0 spiro atoms. The van der Waals surface area contributed by atoms with Crippen molar-refractivity contribution >= 4 is 0 Å². The van der Waals surface area contributed by atoms with Crippen molar-refractivity contribution in [3.8, 4) is 0 Å². The van der Waals surface area contributed by atoms with Gasteiger partial charge in [-0.2, -0.15) is 0 Å². The third kappa shape index (κ3) is 4.10. The maximum atomic E-state index is 6.11. The second kappa shape index (κ2) is 6.97. The Morgan fingerprint density at radius 1 is 1.19 bits per heavy atom. The molecular formula is C18H30N2O. The Hall–Kier alpha value is -0.800. The van der Waals surface area contributed by atoms with Crippen LogP contribution in [0.3, 0.4) is 0 Å². The molecule has 0 unspecified atom stereocenters. The third-order valence-electron chi connectivity index (χ3n) is 5.06. The molecule has 118 valence electrons. The Balaban J connectivity index is 1.58. The second-order valence-electron chi connectivity index (χ2n) is 6.83. The fraction of sp³-hybridized carbons (Fsp3) is 0.778. The van der Waals surface area contributed by atoms with Gasteiger partial charge in [0.1, 0.15) is 11.5 Å². The first kappa shape index (κ1) is 15.1. The van der Waals surface area contributed by atoms with Gasteiger partial charge < -0.3 is 9.73 Å². The van der Waals surface area contributed by atoms with Gasteiger partial charge in [0.05, 0.1) is 13.1 Å². The van der Waals surface area contributed by atoms with E-state index in [2.05, 4.69) is 30.1 Å². The zero-order valence-corrected chi connectivity index (χ0v) is 13.7. The molecule has 1 aromatic rings. The molecule has 0 radical (unpaired) electrons. The number of hydrogen-bond donors (Lipinski definition) is 1. The average Bonchev–Trinajstić information content (AvgIpc) is 3.27. The molecule has 0 amide bonds. The van der Waals surface area contributed by atoms with Crippen LogP contribution in [0.5, 0.6) is 0 Å². The molecule has 2 fully saturated rings. The SMILES string of the molecule is CCN(Cc1cc(C)c(CNC2CC2)o1)C1CCCCC1. The lowest BCUT2D eigenvalue weighted by Gasteiger charge is -2.32. The number of hydrogen-bond acceptors (Lipinski definition) is 3. The summed E-state index contributed by atoms with van der Waals surface area (Å²) < 4.78 is 6.11. The Bertz CT molecular complexity index is 444. The molecule has 1 aromatic heterocycles. The molecule has 0 aromatic carbocycles. The summed E-state index contributed by atoms with van der Waals surface area (Å²) in [7, 11) is 0. The van der Waals surface area contributed by atoms with Gasteiger partial charge in [-0.25, -0.2) is 0 Å². The van der Waals surface area contributed by atoms with Crippen LogP contribution in [0.1, 0.15) is 69.0 Å². The number of nitrogens with zero attached hydrogens (tertiary/aromatic N) is 1. The van der Waals surface area contributed by atoms with Crippen LogP contribution < -0.4 is 5.32 Å². The molecule has 3 heteroatoms. The van der Waals surface area contributed by atoms with E-state index in [1.54, 1.807) is 0 Å². The molecule has 1 heterocycles. The molecule has 0 saturated heterocycles. The fourth-order valence-electron chi connectivity index (χ4n) is 3.51. The van der Waals surface area contributed by atoms with E-state index in [1.807, 2.05) is 0 Å². The van der Waals surface area contributed by atoms with Gasteiger partial charge in [0.15, 0.2) is 0 Å². The van der Waals surface area contributed by atoms with E-state index < -0.39 is 0 Å². The molecule has 0 bridgehead atoms. The van der Waals surface area contributed by atoms with Crippen LogP contribution in [0.2, 0.25) is 0 Å². The molecule has 2 aliphatic carbocycles. The van der Waals surface area contributed by atoms with E-state index in [0.29, 0.717) is 0 Å². The first-order chi connectivity index (χ1) is 10.3. The highest BCUT2D eigenvalue weighted by molar-refractivity contribution is 5.20. The van der Waals surface area contributed by atoms with Gasteiger partial charge in [0.25, 0.3) is 0 Å². The highest BCUT2D eigenvalue weighted by Gasteiger charge is 2.23. The van der Waals surface area contributed by atoms with Crippen LogP contribution in [0.25, 0.3) is 0 Å². The average molecular weight is 290 g/mol. The van der Waals surface area contributed by atoms with E-state index in [1.165, 1.54) is 50.5 Å². The maximum absolute atomic E-state index is 6.11. The van der Waals surface area contributed by atoms with Gasteiger partial charge in [-0.05, 0) is 50.8 Å². The Morgan fingerprint density at radius 3 is 2.62 bits per heavy atom. The van der Waals surface area contributed by atoms with Crippen LogP contribution >= 0.6 is 0 Å². The predicted octanol–water partition coefficient (Wildman–Crippen LogP) is 3.99. The van der Waals surface area contributed by atoms with E-state index in [-0.39, 0.29) is 0 Å². The summed E-state index contributed by atoms with van der Waals surface area (Å²) in [5, 5.41) is 3.55. The zero-order chi connectivity index (χ0) is 14.7. The molecule has 1 N–H and O–H groups in total. The first-order valence-electron chi connectivity index (χ1n) is 8.82. The van der Waals surface area contributed by atoms with Crippen LogP contribution in [0.4, 0.5) is 0 Å². The number of nitrogens with one attached hydrogen (secondary N) is 1. The lowest BCUT2D eigenvalue weighted by molar-refractivity contribution is 0.144. The molecule has 0 aliphatic heterocycles. The van der Waals surface area contributed by atoms with Gasteiger partial charge in [-0.1, -0.05) is 26.2 Å². The van der Waals surface area contributed by atoms with Crippen molar-refractivity contribution in [1.82, 2.24) is 10.2 Å². The fourth-order valence-corrected chi connectivity index (χ4v) is 3.51. The summed E-state index contributed by atoms with van der Waals surface area (Å²) in [5.41, 5.74) is 1.30. The lowest BCUT2D eigenvalue weighted by atomic mass is 9.94. The minimum Gasteiger partial charge on any atom is -0.463 e. The summed E-state index contributed by atoms with van der Waals surface area (Å²) in [5.74, 6) is 2.28. The van der Waals surface area contributed by atoms with Gasteiger partial charge in [0.2, 0.25) is 0 Å². The molecule has 2 saturated carbocycles. The summed E-state index contributed by atoms with van der Waals surface area (Å²) in [6.45, 7) is 7.45. The lowest BCUT2D eigenvalue weighted by Crippen LogP contribution is -2.35. The van der Waals surface area contributed by atoms with Crippen LogP contribution in [0.15, 0.2) is 10.5 Å². The Morgan fingerprint density at radius 2 is 1.95 bits per heavy atom.